The Morgan fingerprint density at radius 1 is 1.23 bits per heavy atom. The molecule has 0 atom stereocenters. The van der Waals surface area contributed by atoms with E-state index >= 15 is 0 Å². The van der Waals surface area contributed by atoms with E-state index in [-0.39, 0.29) is 15.6 Å². The summed E-state index contributed by atoms with van der Waals surface area (Å²) in [6.07, 6.45) is 1.64. The Bertz CT molecular complexity index is 990. The smallest absolute Gasteiger partial charge is 0.268 e. The first-order chi connectivity index (χ1) is 12.4. The van der Waals surface area contributed by atoms with Crippen LogP contribution in [0.5, 0.6) is 0 Å². The maximum atomic E-state index is 12.6. The first-order valence-electron chi connectivity index (χ1n) is 7.19. The predicted molar refractivity (Wildman–Crippen MR) is 107 cm³/mol. The maximum absolute atomic E-state index is 12.6. The highest BCUT2D eigenvalue weighted by Crippen LogP contribution is 2.34. The molecule has 130 valence electrons. The third-order valence-corrected chi connectivity index (χ3v) is 5.24. The molecule has 0 bridgehead atoms. The molecular formula is C17H9BrN2O4S2. The van der Waals surface area contributed by atoms with Crippen LogP contribution in [0.2, 0.25) is 0 Å². The van der Waals surface area contributed by atoms with Gasteiger partial charge in [-0.15, -0.1) is 0 Å². The van der Waals surface area contributed by atoms with Gasteiger partial charge in [0.1, 0.15) is 0 Å². The van der Waals surface area contributed by atoms with Crippen molar-refractivity contribution in [3.05, 3.63) is 79.2 Å². The van der Waals surface area contributed by atoms with Gasteiger partial charge in [0, 0.05) is 22.2 Å². The molecule has 9 heteroatoms. The summed E-state index contributed by atoms with van der Waals surface area (Å²) >= 11 is 9.53. The Balaban J connectivity index is 1.91. The number of imide groups is 1. The molecule has 6 nitrogen and oxygen atoms in total. The normalized spacial score (nSPS) is 15.6. The number of carbonyl (C=O) groups excluding carboxylic acids is 2. The Kier molecular flexibility index (Phi) is 5.30. The molecule has 0 radical (unpaired) electrons. The van der Waals surface area contributed by atoms with E-state index < -0.39 is 16.7 Å². The summed E-state index contributed by atoms with van der Waals surface area (Å²) in [5, 5.41) is 10.9. The number of nitrogens with zero attached hydrogens (tertiary/aromatic N) is 2. The van der Waals surface area contributed by atoms with Crippen molar-refractivity contribution < 1.29 is 14.5 Å². The van der Waals surface area contributed by atoms with Crippen LogP contribution in [0, 0.1) is 10.1 Å². The highest BCUT2D eigenvalue weighted by Gasteiger charge is 2.37. The van der Waals surface area contributed by atoms with Crippen LogP contribution in [0.4, 0.5) is 5.69 Å². The van der Waals surface area contributed by atoms with Gasteiger partial charge in [-0.3, -0.25) is 19.7 Å². The van der Waals surface area contributed by atoms with Crippen molar-refractivity contribution in [2.24, 2.45) is 0 Å². The molecule has 2 aromatic carbocycles. The molecule has 1 heterocycles. The molecule has 0 spiro atoms. The second-order valence-electron chi connectivity index (χ2n) is 5.18. The summed E-state index contributed by atoms with van der Waals surface area (Å²) < 4.78 is 0.946. The SMILES string of the molecule is O=C1/C(=C/c2cccc(Br)c2)SC(=S)N1C(=O)c1cccc([N+](=O)[O-])c1. The lowest BCUT2D eigenvalue weighted by molar-refractivity contribution is -0.384. The summed E-state index contributed by atoms with van der Waals surface area (Å²) in [5.74, 6) is -1.23. The summed E-state index contributed by atoms with van der Waals surface area (Å²) in [6.45, 7) is 0. The van der Waals surface area contributed by atoms with Crippen molar-refractivity contribution in [1.82, 2.24) is 4.90 Å². The van der Waals surface area contributed by atoms with Crippen molar-refractivity contribution >= 4 is 67.8 Å². The zero-order valence-corrected chi connectivity index (χ0v) is 16.1. The van der Waals surface area contributed by atoms with Crippen molar-refractivity contribution in [2.45, 2.75) is 0 Å². The fraction of sp³-hybridized carbons (Fsp3) is 0. The standard InChI is InChI=1S/C17H9BrN2O4S2/c18-12-5-1-3-10(7-12)8-14-16(22)19(17(25)26-14)15(21)11-4-2-6-13(9-11)20(23)24/h1-9H/b14-8-. The van der Waals surface area contributed by atoms with Gasteiger partial charge in [-0.2, -0.15) is 0 Å². The number of non-ortho nitro benzene ring substituents is 1. The lowest BCUT2D eigenvalue weighted by atomic mass is 10.1. The molecule has 0 aromatic heterocycles. The number of thiocarbonyl (C=S) groups is 1. The Labute approximate surface area is 166 Å². The zero-order valence-electron chi connectivity index (χ0n) is 12.9. The molecule has 2 aromatic rings. The largest absolute Gasteiger partial charge is 0.273 e. The molecule has 1 aliphatic heterocycles. The highest BCUT2D eigenvalue weighted by molar-refractivity contribution is 9.10. The maximum Gasteiger partial charge on any atom is 0.273 e. The lowest BCUT2D eigenvalue weighted by Crippen LogP contribution is -2.34. The van der Waals surface area contributed by atoms with Gasteiger partial charge >= 0.3 is 0 Å². The van der Waals surface area contributed by atoms with Crippen LogP contribution in [-0.2, 0) is 4.79 Å². The van der Waals surface area contributed by atoms with Gasteiger partial charge in [-0.25, -0.2) is 4.90 Å². The van der Waals surface area contributed by atoms with E-state index in [2.05, 4.69) is 15.9 Å². The first kappa shape index (κ1) is 18.4. The van der Waals surface area contributed by atoms with Crippen LogP contribution in [0.3, 0.4) is 0 Å². The number of carbonyl (C=O) groups is 2. The molecule has 0 unspecified atom stereocenters. The van der Waals surface area contributed by atoms with E-state index in [1.165, 1.54) is 18.2 Å². The Hall–Kier alpha value is -2.36. The first-order valence-corrected chi connectivity index (χ1v) is 9.21. The van der Waals surface area contributed by atoms with Crippen LogP contribution in [0.15, 0.2) is 57.9 Å². The molecule has 1 saturated heterocycles. The molecule has 0 aliphatic carbocycles. The van der Waals surface area contributed by atoms with E-state index in [0.717, 1.165) is 32.8 Å². The summed E-state index contributed by atoms with van der Waals surface area (Å²) in [7, 11) is 0. The zero-order chi connectivity index (χ0) is 18.8. The van der Waals surface area contributed by atoms with Gasteiger partial charge in [-0.1, -0.05) is 58.1 Å². The number of rotatable bonds is 3. The van der Waals surface area contributed by atoms with Gasteiger partial charge in [0.2, 0.25) is 0 Å². The van der Waals surface area contributed by atoms with Crippen molar-refractivity contribution in [1.29, 1.82) is 0 Å². The molecule has 0 N–H and O–H groups in total. The number of hydrogen-bond acceptors (Lipinski definition) is 6. The van der Waals surface area contributed by atoms with E-state index in [0.29, 0.717) is 4.91 Å². The Morgan fingerprint density at radius 3 is 2.65 bits per heavy atom. The molecule has 0 saturated carbocycles. The third kappa shape index (κ3) is 3.74. The quantitative estimate of drug-likeness (QED) is 0.227. The summed E-state index contributed by atoms with van der Waals surface area (Å²) in [4.78, 5) is 36.7. The number of benzene rings is 2. The third-order valence-electron chi connectivity index (χ3n) is 3.45. The minimum absolute atomic E-state index is 0.0270. The second kappa shape index (κ2) is 7.48. The molecule has 1 fully saturated rings. The summed E-state index contributed by atoms with van der Waals surface area (Å²) in [5.41, 5.74) is 0.577. The van der Waals surface area contributed by atoms with E-state index in [9.17, 15) is 19.7 Å². The minimum Gasteiger partial charge on any atom is -0.268 e. The van der Waals surface area contributed by atoms with Crippen LogP contribution in [0.1, 0.15) is 15.9 Å². The van der Waals surface area contributed by atoms with Crippen LogP contribution in [0.25, 0.3) is 6.08 Å². The molecule has 2 amide bonds. The predicted octanol–water partition coefficient (Wildman–Crippen LogP) is 4.40. The van der Waals surface area contributed by atoms with Gasteiger partial charge in [0.15, 0.2) is 4.32 Å². The van der Waals surface area contributed by atoms with Crippen LogP contribution < -0.4 is 0 Å². The average molecular weight is 449 g/mol. The van der Waals surface area contributed by atoms with Crippen LogP contribution >= 0.6 is 39.9 Å². The monoisotopic (exact) mass is 448 g/mol. The topological polar surface area (TPSA) is 80.5 Å². The minimum atomic E-state index is -0.686. The molecule has 3 rings (SSSR count). The molecule has 1 aliphatic rings. The number of amides is 2. The summed E-state index contributed by atoms with van der Waals surface area (Å²) in [6, 6.07) is 12.5. The fourth-order valence-electron chi connectivity index (χ4n) is 2.27. The van der Waals surface area contributed by atoms with Gasteiger partial charge in [0.25, 0.3) is 17.5 Å². The van der Waals surface area contributed by atoms with Crippen molar-refractivity contribution in [2.75, 3.05) is 0 Å². The number of nitro benzene ring substituents is 1. The Morgan fingerprint density at radius 2 is 1.96 bits per heavy atom. The van der Waals surface area contributed by atoms with Crippen molar-refractivity contribution in [3.8, 4) is 0 Å². The van der Waals surface area contributed by atoms with Crippen LogP contribution in [-0.4, -0.2) is 26.0 Å². The van der Waals surface area contributed by atoms with Crippen molar-refractivity contribution in [3.63, 3.8) is 0 Å². The number of nitro groups is 1. The molecular weight excluding hydrogens is 440 g/mol. The van der Waals surface area contributed by atoms with Gasteiger partial charge in [0.05, 0.1) is 9.83 Å². The average Bonchev–Trinajstić information content (AvgIpc) is 2.88. The van der Waals surface area contributed by atoms with E-state index in [4.69, 9.17) is 12.2 Å². The number of hydrogen-bond donors (Lipinski definition) is 0. The van der Waals surface area contributed by atoms with Gasteiger partial charge in [-0.05, 0) is 29.8 Å². The van der Waals surface area contributed by atoms with Gasteiger partial charge < -0.3 is 0 Å². The molecule has 26 heavy (non-hydrogen) atoms. The fourth-order valence-corrected chi connectivity index (χ4v) is 3.94. The second-order valence-corrected chi connectivity index (χ2v) is 7.78. The number of halogens is 1. The lowest BCUT2D eigenvalue weighted by Gasteiger charge is -2.12. The van der Waals surface area contributed by atoms with E-state index in [1.807, 2.05) is 24.3 Å². The van der Waals surface area contributed by atoms with E-state index in [1.54, 1.807) is 6.08 Å². The number of thioether (sulfide) groups is 1. The highest BCUT2D eigenvalue weighted by atomic mass is 79.9.